The molecule has 0 heterocycles. The van der Waals surface area contributed by atoms with E-state index in [1.165, 1.54) is 5.56 Å². The third-order valence-corrected chi connectivity index (χ3v) is 2.50. The molecule has 1 atom stereocenters. The van der Waals surface area contributed by atoms with Gasteiger partial charge < -0.3 is 11.5 Å². The SMILES string of the molecule is Cc1ccc([C@@H](N)CN)c(Br)c1.Cl. The summed E-state index contributed by atoms with van der Waals surface area (Å²) in [4.78, 5) is 0. The lowest BCUT2D eigenvalue weighted by Gasteiger charge is -2.11. The van der Waals surface area contributed by atoms with Crippen LogP contribution in [0.15, 0.2) is 22.7 Å². The van der Waals surface area contributed by atoms with E-state index in [0.717, 1.165) is 10.0 Å². The van der Waals surface area contributed by atoms with Gasteiger partial charge in [-0.05, 0) is 24.1 Å². The number of hydrogen-bond donors (Lipinski definition) is 2. The van der Waals surface area contributed by atoms with Crippen LogP contribution >= 0.6 is 28.3 Å². The van der Waals surface area contributed by atoms with Gasteiger partial charge in [0.05, 0.1) is 0 Å². The van der Waals surface area contributed by atoms with E-state index in [0.29, 0.717) is 6.54 Å². The number of aryl methyl sites for hydroxylation is 1. The molecule has 0 unspecified atom stereocenters. The van der Waals surface area contributed by atoms with Crippen LogP contribution in [0.2, 0.25) is 0 Å². The minimum atomic E-state index is -0.0695. The fourth-order valence-electron chi connectivity index (χ4n) is 1.06. The molecule has 0 bridgehead atoms. The first-order valence-corrected chi connectivity index (χ1v) is 4.66. The van der Waals surface area contributed by atoms with Crippen molar-refractivity contribution in [3.63, 3.8) is 0 Å². The third kappa shape index (κ3) is 3.27. The summed E-state index contributed by atoms with van der Waals surface area (Å²) in [6, 6.07) is 6.03. The van der Waals surface area contributed by atoms with E-state index in [9.17, 15) is 0 Å². The molecule has 0 aliphatic rings. The quantitative estimate of drug-likeness (QED) is 0.861. The van der Waals surface area contributed by atoms with Crippen molar-refractivity contribution >= 4 is 28.3 Å². The van der Waals surface area contributed by atoms with Gasteiger partial charge in [0, 0.05) is 17.1 Å². The smallest absolute Gasteiger partial charge is 0.0430 e. The average Bonchev–Trinajstić information content (AvgIpc) is 2.03. The van der Waals surface area contributed by atoms with Crippen LogP contribution in [0.25, 0.3) is 0 Å². The second-order valence-electron chi connectivity index (χ2n) is 2.87. The number of rotatable bonds is 2. The topological polar surface area (TPSA) is 52.0 Å². The molecule has 0 radical (unpaired) electrons. The van der Waals surface area contributed by atoms with Gasteiger partial charge in [-0.15, -0.1) is 12.4 Å². The van der Waals surface area contributed by atoms with Crippen LogP contribution in [0.3, 0.4) is 0 Å². The number of hydrogen-bond acceptors (Lipinski definition) is 2. The molecule has 2 nitrogen and oxygen atoms in total. The summed E-state index contributed by atoms with van der Waals surface area (Å²) in [5, 5.41) is 0. The van der Waals surface area contributed by atoms with Crippen molar-refractivity contribution in [2.24, 2.45) is 11.5 Å². The second-order valence-corrected chi connectivity index (χ2v) is 3.72. The van der Waals surface area contributed by atoms with Gasteiger partial charge in [-0.3, -0.25) is 0 Å². The monoisotopic (exact) mass is 264 g/mol. The lowest BCUT2D eigenvalue weighted by atomic mass is 10.1. The Morgan fingerprint density at radius 3 is 2.54 bits per heavy atom. The molecule has 1 rings (SSSR count). The van der Waals surface area contributed by atoms with Gasteiger partial charge >= 0.3 is 0 Å². The molecule has 0 aliphatic carbocycles. The first-order valence-electron chi connectivity index (χ1n) is 3.87. The van der Waals surface area contributed by atoms with Crippen LogP contribution < -0.4 is 11.5 Å². The molecule has 4 heteroatoms. The molecule has 1 aromatic rings. The first-order chi connectivity index (χ1) is 5.65. The van der Waals surface area contributed by atoms with E-state index in [-0.39, 0.29) is 18.4 Å². The van der Waals surface area contributed by atoms with Gasteiger partial charge in [-0.2, -0.15) is 0 Å². The highest BCUT2D eigenvalue weighted by Gasteiger charge is 2.06. The summed E-state index contributed by atoms with van der Waals surface area (Å²) >= 11 is 3.45. The van der Waals surface area contributed by atoms with Crippen molar-refractivity contribution in [3.8, 4) is 0 Å². The Bertz CT molecular complexity index is 278. The van der Waals surface area contributed by atoms with Crippen molar-refractivity contribution in [2.45, 2.75) is 13.0 Å². The van der Waals surface area contributed by atoms with Crippen LogP contribution in [-0.4, -0.2) is 6.54 Å². The molecular formula is C9H14BrClN2. The highest BCUT2D eigenvalue weighted by atomic mass is 79.9. The van der Waals surface area contributed by atoms with Gasteiger partial charge in [0.15, 0.2) is 0 Å². The fourth-order valence-corrected chi connectivity index (χ4v) is 1.85. The summed E-state index contributed by atoms with van der Waals surface area (Å²) in [5.74, 6) is 0. The summed E-state index contributed by atoms with van der Waals surface area (Å²) in [6.45, 7) is 2.52. The molecule has 0 amide bonds. The minimum absolute atomic E-state index is 0. The van der Waals surface area contributed by atoms with Crippen molar-refractivity contribution in [1.82, 2.24) is 0 Å². The van der Waals surface area contributed by atoms with Crippen LogP contribution in [0.1, 0.15) is 17.2 Å². The molecule has 0 aliphatic heterocycles. The van der Waals surface area contributed by atoms with Crippen molar-refractivity contribution < 1.29 is 0 Å². The largest absolute Gasteiger partial charge is 0.329 e. The highest BCUT2D eigenvalue weighted by molar-refractivity contribution is 9.10. The molecule has 13 heavy (non-hydrogen) atoms. The van der Waals surface area contributed by atoms with Crippen molar-refractivity contribution in [3.05, 3.63) is 33.8 Å². The van der Waals surface area contributed by atoms with Crippen molar-refractivity contribution in [1.29, 1.82) is 0 Å². The zero-order chi connectivity index (χ0) is 9.14. The highest BCUT2D eigenvalue weighted by Crippen LogP contribution is 2.22. The maximum absolute atomic E-state index is 5.79. The molecule has 74 valence electrons. The predicted octanol–water partition coefficient (Wildman–Crippen LogP) is 2.14. The number of benzene rings is 1. The third-order valence-electron chi connectivity index (χ3n) is 1.81. The summed E-state index contributed by atoms with van der Waals surface area (Å²) in [7, 11) is 0. The molecular weight excluding hydrogens is 251 g/mol. The van der Waals surface area contributed by atoms with Crippen LogP contribution in [-0.2, 0) is 0 Å². The Hall–Kier alpha value is -0.0900. The maximum atomic E-state index is 5.79. The minimum Gasteiger partial charge on any atom is -0.329 e. The van der Waals surface area contributed by atoms with E-state index in [1.54, 1.807) is 0 Å². The van der Waals surface area contributed by atoms with Gasteiger partial charge in [-0.25, -0.2) is 0 Å². The van der Waals surface area contributed by atoms with Gasteiger partial charge in [-0.1, -0.05) is 28.1 Å². The first kappa shape index (κ1) is 12.9. The Morgan fingerprint density at radius 2 is 2.08 bits per heavy atom. The molecule has 0 spiro atoms. The summed E-state index contributed by atoms with van der Waals surface area (Å²) < 4.78 is 1.04. The lowest BCUT2D eigenvalue weighted by Crippen LogP contribution is -2.21. The summed E-state index contributed by atoms with van der Waals surface area (Å²) in [5.41, 5.74) is 13.5. The van der Waals surface area contributed by atoms with Gasteiger partial charge in [0.2, 0.25) is 0 Å². The van der Waals surface area contributed by atoms with Crippen LogP contribution in [0, 0.1) is 6.92 Å². The average molecular weight is 266 g/mol. The molecule has 0 saturated heterocycles. The molecule has 0 saturated carbocycles. The van der Waals surface area contributed by atoms with E-state index < -0.39 is 0 Å². The zero-order valence-corrected chi connectivity index (χ0v) is 9.86. The predicted molar refractivity (Wildman–Crippen MR) is 62.1 cm³/mol. The van der Waals surface area contributed by atoms with E-state index >= 15 is 0 Å². The van der Waals surface area contributed by atoms with Gasteiger partial charge in [0.1, 0.15) is 0 Å². The molecule has 0 aromatic heterocycles. The normalized spacial score (nSPS) is 12.0. The number of nitrogens with two attached hydrogens (primary N) is 2. The van der Waals surface area contributed by atoms with E-state index in [1.807, 2.05) is 25.1 Å². The van der Waals surface area contributed by atoms with Crippen LogP contribution in [0.5, 0.6) is 0 Å². The Labute approximate surface area is 93.2 Å². The zero-order valence-electron chi connectivity index (χ0n) is 7.46. The van der Waals surface area contributed by atoms with E-state index in [4.69, 9.17) is 11.5 Å². The lowest BCUT2D eigenvalue weighted by molar-refractivity contribution is 0.733. The molecule has 0 fully saturated rings. The second kappa shape index (κ2) is 5.60. The fraction of sp³-hybridized carbons (Fsp3) is 0.333. The van der Waals surface area contributed by atoms with Gasteiger partial charge in [0.25, 0.3) is 0 Å². The molecule has 1 aromatic carbocycles. The number of halogens is 2. The Kier molecular flexibility index (Phi) is 5.56. The molecule has 4 N–H and O–H groups in total. The van der Waals surface area contributed by atoms with E-state index in [2.05, 4.69) is 15.9 Å². The standard InChI is InChI=1S/C9H13BrN2.ClH/c1-6-2-3-7(8(10)4-6)9(12)5-11;/h2-4,9H,5,11-12H2,1H3;1H/t9-;/m0./s1. The van der Waals surface area contributed by atoms with Crippen molar-refractivity contribution in [2.75, 3.05) is 6.54 Å². The Balaban J connectivity index is 0.00000144. The summed E-state index contributed by atoms with van der Waals surface area (Å²) in [6.07, 6.45) is 0. The Morgan fingerprint density at radius 1 is 1.46 bits per heavy atom. The van der Waals surface area contributed by atoms with Crippen LogP contribution in [0.4, 0.5) is 0 Å². The maximum Gasteiger partial charge on any atom is 0.0430 e.